The Kier molecular flexibility index (Phi) is 70.8. The highest BCUT2D eigenvalue weighted by Gasteiger charge is 2.43. The molecule has 3 heterocycles. The van der Waals surface area contributed by atoms with Crippen molar-refractivity contribution in [1.82, 2.24) is 17.4 Å². The number of aromatic nitrogens is 1. The van der Waals surface area contributed by atoms with Crippen molar-refractivity contribution in [2.24, 2.45) is 0 Å². The summed E-state index contributed by atoms with van der Waals surface area (Å²) in [5.74, 6) is -3.21. The normalized spacial score (nSPS) is 13.8. The number of quaternary nitrogens is 2. The number of allylic oxidation sites excluding steroid dienone is 5. The van der Waals surface area contributed by atoms with E-state index >= 15 is 0 Å². The van der Waals surface area contributed by atoms with Crippen LogP contribution in [0.4, 0.5) is 5.69 Å². The van der Waals surface area contributed by atoms with Gasteiger partial charge in [-0.25, -0.2) is 30.0 Å². The van der Waals surface area contributed by atoms with Crippen molar-refractivity contribution < 1.29 is 82.7 Å². The maximum atomic E-state index is 12.4. The molecule has 3 aromatic rings. The summed E-state index contributed by atoms with van der Waals surface area (Å²) in [4.78, 5) is 42.8. The molecule has 1 atom stereocenters. The number of imide groups is 1. The highest BCUT2D eigenvalue weighted by Crippen LogP contribution is 2.51. The van der Waals surface area contributed by atoms with Crippen LogP contribution in [-0.4, -0.2) is 86.5 Å². The van der Waals surface area contributed by atoms with Crippen molar-refractivity contribution in [2.45, 2.75) is 210 Å². The standard InChI is InChI=1S/C37H43N3O16S5.3C2H6.CH3N.11CH4.2H3N/c1-37(19-7-3-6-12-36(43)54-40-33(41)17-18-34(40)42)28-25-27(61(51,52)53)14-16-29(28)38(20-8-22-59(45,46)47)32(37)10-4-2-5-11-35-39(21-9-23-60(48,49)50)30-15-13-26(58-56-55-44)24-31(30)57-35;4*1-2;;;;;;;;;;;;;/h2,4-5,10-11,13-16,24-25H,3,6-9,12,17-23H2,1H3,(H3-,44,45,46,47,48,49,50,51,52,53);3*1-2H3;2H,1H2;11*1H4;2*1H3. The number of hydrogen-bond donors (Lipinski definition) is 3. The van der Waals surface area contributed by atoms with Crippen LogP contribution < -0.4 is 32.4 Å². The molecule has 1 unspecified atom stereocenters. The topological polar surface area (TPSA) is 383 Å². The lowest BCUT2D eigenvalue weighted by Crippen LogP contribution is -2.36. The Balaban J connectivity index is -0.000000197. The van der Waals surface area contributed by atoms with E-state index in [2.05, 4.69) is 21.5 Å². The van der Waals surface area contributed by atoms with Gasteiger partial charge in [-0.15, -0.1) is 5.06 Å². The third-order valence-electron chi connectivity index (χ3n) is 9.88. The number of nitrogens with two attached hydrogens (primary N) is 1. The lowest BCUT2D eigenvalue weighted by Gasteiger charge is -2.31. The fourth-order valence-electron chi connectivity index (χ4n) is 7.11. The first-order valence-corrected chi connectivity index (χ1v) is 28.2. The number of unbranched alkanes of at least 4 members (excludes halogenated alkanes) is 2. The van der Waals surface area contributed by atoms with Crippen LogP contribution in [0.5, 0.6) is 0 Å². The Bertz CT molecular complexity index is 2600. The SMILES string of the molecule is C.C.C.C.C.C.C.C.C.C.C.C=[NH2+].CC.CC.CC.CC1(CCCCCC(=O)ON2C(=O)CCC2=O)/C(=C/C=C/C=C/c2sc3cc(SOO[O-])ccc3[n+]2CCCS(=O)(=O)[O-])N(CCCS(=O)(=O)[O-])c2ccc(S(=O)(=O)[O-])cc21.[NH4+].[NH4+]. The van der Waals surface area contributed by atoms with Gasteiger partial charge in [0, 0.05) is 77.6 Å². The van der Waals surface area contributed by atoms with Gasteiger partial charge in [0.15, 0.2) is 6.54 Å². The lowest BCUT2D eigenvalue weighted by molar-refractivity contribution is -0.777. The fourth-order valence-corrected chi connectivity index (χ4v) is 10.2. The second kappa shape index (κ2) is 53.3. The minimum atomic E-state index is -4.89. The Labute approximate surface area is 507 Å². The van der Waals surface area contributed by atoms with E-state index in [1.165, 1.54) is 23.5 Å². The van der Waals surface area contributed by atoms with Crippen LogP contribution in [0.15, 0.2) is 76.2 Å². The Morgan fingerprint density at radius 3 is 1.77 bits per heavy atom. The van der Waals surface area contributed by atoms with E-state index in [0.717, 1.165) is 16.3 Å². The summed E-state index contributed by atoms with van der Waals surface area (Å²) < 4.78 is 112. The van der Waals surface area contributed by atoms with E-state index < -0.39 is 70.0 Å². The molecule has 82 heavy (non-hydrogen) atoms. The van der Waals surface area contributed by atoms with Crippen molar-refractivity contribution in [3.63, 3.8) is 0 Å². The number of thiazole rings is 1. The molecule has 490 valence electrons. The summed E-state index contributed by atoms with van der Waals surface area (Å²) in [6, 6.07) is 9.03. The summed E-state index contributed by atoms with van der Waals surface area (Å²) in [5, 5.41) is 19.2. The number of benzene rings is 2. The molecule has 0 saturated carbocycles. The van der Waals surface area contributed by atoms with Gasteiger partial charge in [-0.2, -0.15) is 8.90 Å². The molecule has 10 N–H and O–H groups in total. The quantitative estimate of drug-likeness (QED) is 0.00968. The molecule has 0 bridgehead atoms. The third kappa shape index (κ3) is 33.7. The number of carbonyl (C=O) groups excluding carboxylic acids is 3. The number of carbonyl (C=O) groups is 3. The van der Waals surface area contributed by atoms with Gasteiger partial charge in [0.1, 0.15) is 21.5 Å². The predicted octanol–water partition coefficient (Wildman–Crippen LogP) is 12.3. The van der Waals surface area contributed by atoms with Crippen molar-refractivity contribution >= 4 is 100 Å². The molecular formula is C55H114N6O16S5. The van der Waals surface area contributed by atoms with Crippen LogP contribution in [0.3, 0.4) is 0 Å². The predicted molar refractivity (Wildman–Crippen MR) is 343 cm³/mol. The number of nitrogens with zero attached hydrogens (tertiary/aromatic N) is 3. The van der Waals surface area contributed by atoms with Gasteiger partial charge in [0.2, 0.25) is 5.52 Å². The number of amides is 2. The van der Waals surface area contributed by atoms with Gasteiger partial charge in [0.05, 0.1) is 37.2 Å². The molecular weight excluding hydrogens is 1160 g/mol. The van der Waals surface area contributed by atoms with E-state index in [1.54, 1.807) is 53.5 Å². The van der Waals surface area contributed by atoms with Crippen molar-refractivity contribution in [1.29, 1.82) is 0 Å². The number of hydroxylamine groups is 2. The van der Waals surface area contributed by atoms with Gasteiger partial charge >= 0.3 is 5.97 Å². The monoisotopic (exact) mass is 1270 g/mol. The molecule has 22 nitrogen and oxygen atoms in total. The smallest absolute Gasteiger partial charge is 0.333 e. The highest BCUT2D eigenvalue weighted by molar-refractivity contribution is 7.94. The van der Waals surface area contributed by atoms with E-state index in [4.69, 9.17) is 4.84 Å². The number of aryl methyl sites for hydroxylation is 1. The van der Waals surface area contributed by atoms with Gasteiger partial charge in [0.25, 0.3) is 16.8 Å². The minimum Gasteiger partial charge on any atom is -0.748 e. The van der Waals surface area contributed by atoms with Crippen LogP contribution in [-0.2, 0) is 70.9 Å². The number of fused-ring (bicyclic) bond motifs is 2. The van der Waals surface area contributed by atoms with Crippen LogP contribution >= 0.6 is 23.4 Å². The van der Waals surface area contributed by atoms with E-state index in [-0.39, 0.29) is 139 Å². The Morgan fingerprint density at radius 2 is 1.27 bits per heavy atom. The maximum absolute atomic E-state index is 12.4. The van der Waals surface area contributed by atoms with Crippen LogP contribution in [0, 0.1) is 0 Å². The van der Waals surface area contributed by atoms with Gasteiger partial charge in [-0.3, -0.25) is 20.0 Å². The second-order valence-corrected chi connectivity index (χ2v) is 20.5. The van der Waals surface area contributed by atoms with Gasteiger partial charge in [-0.05, 0) is 68.2 Å². The summed E-state index contributed by atoms with van der Waals surface area (Å²) in [7, 11) is -13.9. The third-order valence-corrected chi connectivity index (χ3v) is 14.0. The Hall–Kier alpha value is -4.49. The van der Waals surface area contributed by atoms with Crippen molar-refractivity contribution in [2.75, 3.05) is 23.0 Å². The summed E-state index contributed by atoms with van der Waals surface area (Å²) >= 11 is 2.03. The van der Waals surface area contributed by atoms with Crippen molar-refractivity contribution in [3.8, 4) is 0 Å². The first-order chi connectivity index (χ1) is 32.7. The number of rotatable bonds is 22. The largest absolute Gasteiger partial charge is 0.748 e. The lowest BCUT2D eigenvalue weighted by atomic mass is 9.77. The van der Waals surface area contributed by atoms with Gasteiger partial charge < -0.3 is 41.0 Å². The number of hydrogen-bond acceptors (Lipinski definition) is 19. The zero-order valence-corrected chi connectivity index (χ0v) is 45.8. The molecule has 1 aromatic heterocycles. The average molecular weight is 1280 g/mol. The summed E-state index contributed by atoms with van der Waals surface area (Å²) in [6.07, 6.45) is 9.91. The molecule has 0 aliphatic carbocycles. The second-order valence-electron chi connectivity index (χ2n) is 14.2. The van der Waals surface area contributed by atoms with E-state index in [0.29, 0.717) is 69.6 Å². The number of anilines is 1. The van der Waals surface area contributed by atoms with E-state index in [9.17, 15) is 58.6 Å². The molecule has 27 heteroatoms. The summed E-state index contributed by atoms with van der Waals surface area (Å²) in [6.45, 7) is 16.8. The highest BCUT2D eigenvalue weighted by atomic mass is 32.2. The van der Waals surface area contributed by atoms with Gasteiger partial charge in [-0.1, -0.05) is 166 Å². The molecule has 2 amide bonds. The fraction of sp³-hybridized carbons (Fsp3) is 0.582. The Morgan fingerprint density at radius 1 is 0.744 bits per heavy atom. The molecule has 1 saturated heterocycles. The molecule has 2 aromatic carbocycles. The van der Waals surface area contributed by atoms with Crippen LogP contribution in [0.25, 0.3) is 16.3 Å². The van der Waals surface area contributed by atoms with Crippen molar-refractivity contribution in [3.05, 3.63) is 77.0 Å². The molecule has 1 fully saturated rings. The zero-order chi connectivity index (χ0) is 52.6. The first-order valence-electron chi connectivity index (χ1n) is 22.1. The first kappa shape index (κ1) is 109. The summed E-state index contributed by atoms with van der Waals surface area (Å²) in [5.41, 5.74) is 1.28. The molecule has 5 rings (SSSR count). The van der Waals surface area contributed by atoms with Crippen LogP contribution in [0.2, 0.25) is 0 Å². The molecule has 0 radical (unpaired) electrons. The van der Waals surface area contributed by atoms with E-state index in [1.807, 2.05) is 53.0 Å². The van der Waals surface area contributed by atoms with Crippen LogP contribution in [0.1, 0.15) is 199 Å². The minimum absolute atomic E-state index is 0. The zero-order valence-electron chi connectivity index (χ0n) is 41.7. The average Bonchev–Trinajstić information content (AvgIpc) is 3.90. The molecule has 0 spiro atoms. The molecule has 2 aliphatic heterocycles. The molecule has 2 aliphatic rings. The maximum Gasteiger partial charge on any atom is 0.333 e.